The number of amides is 2. The van der Waals surface area contributed by atoms with Crippen LogP contribution >= 0.6 is 0 Å². The Morgan fingerprint density at radius 2 is 1.83 bits per heavy atom. The molecule has 3 N–H and O–H groups in total. The molecule has 30 heavy (non-hydrogen) atoms. The standard InChI is InChI=1S/C22H33N3O4S/c1-16-6-7-18(14-17(16)2)30(28,29)24-19(8-9-20(23)26)21(27)25-13-12-22(15-25)10-4-3-5-11-22/h6-7,14,19,24H,3-5,8-13,15H2,1-2H3,(H2,23,26)/t19-/m0/s1. The van der Waals surface area contributed by atoms with E-state index in [0.717, 1.165) is 30.4 Å². The van der Waals surface area contributed by atoms with Crippen molar-refractivity contribution in [1.82, 2.24) is 9.62 Å². The molecule has 3 rings (SSSR count). The molecule has 1 aromatic rings. The molecule has 0 bridgehead atoms. The van der Waals surface area contributed by atoms with Crippen molar-refractivity contribution < 1.29 is 18.0 Å². The molecule has 1 aliphatic carbocycles. The van der Waals surface area contributed by atoms with Crippen molar-refractivity contribution in [2.75, 3.05) is 13.1 Å². The minimum absolute atomic E-state index is 0.0508. The average molecular weight is 436 g/mol. The number of carbonyl (C=O) groups is 2. The molecular formula is C22H33N3O4S. The van der Waals surface area contributed by atoms with Crippen molar-refractivity contribution in [3.8, 4) is 0 Å². The number of nitrogens with zero attached hydrogens (tertiary/aromatic N) is 1. The summed E-state index contributed by atoms with van der Waals surface area (Å²) in [5.74, 6) is -0.811. The average Bonchev–Trinajstić information content (AvgIpc) is 3.10. The normalized spacial score (nSPS) is 19.7. The number of rotatable bonds is 7. The van der Waals surface area contributed by atoms with Crippen LogP contribution in [0.3, 0.4) is 0 Å². The first-order valence-electron chi connectivity index (χ1n) is 10.8. The summed E-state index contributed by atoms with van der Waals surface area (Å²) in [6.07, 6.45) is 6.83. The third-order valence-electron chi connectivity index (χ3n) is 6.73. The highest BCUT2D eigenvalue weighted by Gasteiger charge is 2.42. The van der Waals surface area contributed by atoms with Crippen LogP contribution in [-0.4, -0.2) is 44.3 Å². The first kappa shape index (κ1) is 22.7. The largest absolute Gasteiger partial charge is 0.370 e. The molecule has 2 fully saturated rings. The summed E-state index contributed by atoms with van der Waals surface area (Å²) in [6.45, 7) is 5.06. The van der Waals surface area contributed by atoms with Crippen molar-refractivity contribution in [3.63, 3.8) is 0 Å². The van der Waals surface area contributed by atoms with Gasteiger partial charge in [-0.3, -0.25) is 9.59 Å². The van der Waals surface area contributed by atoms with Crippen molar-refractivity contribution in [1.29, 1.82) is 0 Å². The number of aryl methyl sites for hydroxylation is 2. The Balaban J connectivity index is 1.77. The number of carbonyl (C=O) groups excluding carboxylic acids is 2. The van der Waals surface area contributed by atoms with E-state index in [0.29, 0.717) is 13.1 Å². The molecule has 166 valence electrons. The molecule has 1 heterocycles. The SMILES string of the molecule is Cc1ccc(S(=O)(=O)N[C@@H](CCC(N)=O)C(=O)N2CCC3(CCCCC3)C2)cc1C. The van der Waals surface area contributed by atoms with Gasteiger partial charge in [-0.05, 0) is 68.2 Å². The van der Waals surface area contributed by atoms with E-state index in [4.69, 9.17) is 5.73 Å². The summed E-state index contributed by atoms with van der Waals surface area (Å²) in [5, 5.41) is 0. The topological polar surface area (TPSA) is 110 Å². The van der Waals surface area contributed by atoms with Crippen molar-refractivity contribution in [3.05, 3.63) is 29.3 Å². The van der Waals surface area contributed by atoms with Gasteiger partial charge in [0.1, 0.15) is 6.04 Å². The Kier molecular flexibility index (Phi) is 6.87. The van der Waals surface area contributed by atoms with E-state index in [1.807, 2.05) is 13.8 Å². The lowest BCUT2D eigenvalue weighted by Crippen LogP contribution is -2.48. The molecule has 0 unspecified atom stereocenters. The lowest BCUT2D eigenvalue weighted by molar-refractivity contribution is -0.132. The van der Waals surface area contributed by atoms with E-state index < -0.39 is 22.0 Å². The number of likely N-dealkylation sites (tertiary alicyclic amines) is 1. The second kappa shape index (κ2) is 9.06. The Morgan fingerprint density at radius 1 is 1.13 bits per heavy atom. The van der Waals surface area contributed by atoms with Crippen LogP contribution in [0.15, 0.2) is 23.1 Å². The zero-order valence-electron chi connectivity index (χ0n) is 17.9. The lowest BCUT2D eigenvalue weighted by atomic mass is 9.73. The third kappa shape index (κ3) is 5.21. The van der Waals surface area contributed by atoms with Gasteiger partial charge in [0, 0.05) is 19.5 Å². The zero-order chi connectivity index (χ0) is 21.9. The predicted octanol–water partition coefficient (Wildman–Crippen LogP) is 2.40. The van der Waals surface area contributed by atoms with E-state index in [9.17, 15) is 18.0 Å². The van der Waals surface area contributed by atoms with E-state index in [-0.39, 0.29) is 29.1 Å². The van der Waals surface area contributed by atoms with E-state index in [1.165, 1.54) is 25.3 Å². The van der Waals surface area contributed by atoms with Gasteiger partial charge in [0.2, 0.25) is 21.8 Å². The molecule has 1 atom stereocenters. The van der Waals surface area contributed by atoms with Gasteiger partial charge in [0.05, 0.1) is 4.90 Å². The van der Waals surface area contributed by atoms with Gasteiger partial charge in [-0.25, -0.2) is 8.42 Å². The first-order valence-corrected chi connectivity index (χ1v) is 12.3. The van der Waals surface area contributed by atoms with Crippen LogP contribution in [0.1, 0.15) is 62.5 Å². The van der Waals surface area contributed by atoms with Crippen LogP contribution in [0, 0.1) is 19.3 Å². The maximum atomic E-state index is 13.3. The van der Waals surface area contributed by atoms with Crippen LogP contribution in [0.4, 0.5) is 0 Å². The van der Waals surface area contributed by atoms with Crippen LogP contribution < -0.4 is 10.5 Å². The van der Waals surface area contributed by atoms with Crippen molar-refractivity contribution in [2.24, 2.45) is 11.1 Å². The Hall–Kier alpha value is -1.93. The highest BCUT2D eigenvalue weighted by atomic mass is 32.2. The molecule has 0 radical (unpaired) electrons. The molecule has 2 aliphatic rings. The quantitative estimate of drug-likeness (QED) is 0.685. The van der Waals surface area contributed by atoms with Crippen LogP contribution in [0.2, 0.25) is 0 Å². The van der Waals surface area contributed by atoms with Gasteiger partial charge in [0.15, 0.2) is 0 Å². The van der Waals surface area contributed by atoms with Crippen molar-refractivity contribution >= 4 is 21.8 Å². The summed E-state index contributed by atoms with van der Waals surface area (Å²) in [6, 6.07) is 3.88. The molecule has 0 aromatic heterocycles. The summed E-state index contributed by atoms with van der Waals surface area (Å²) >= 11 is 0. The van der Waals surface area contributed by atoms with Crippen molar-refractivity contribution in [2.45, 2.75) is 76.2 Å². The smallest absolute Gasteiger partial charge is 0.241 e. The number of nitrogens with two attached hydrogens (primary N) is 1. The molecule has 1 aromatic carbocycles. The monoisotopic (exact) mass is 435 g/mol. The van der Waals surface area contributed by atoms with Crippen LogP contribution in [0.25, 0.3) is 0 Å². The highest BCUT2D eigenvalue weighted by molar-refractivity contribution is 7.89. The Morgan fingerprint density at radius 3 is 2.47 bits per heavy atom. The Labute approximate surface area is 179 Å². The number of hydrogen-bond acceptors (Lipinski definition) is 4. The summed E-state index contributed by atoms with van der Waals surface area (Å²) in [5.41, 5.74) is 7.30. The maximum Gasteiger partial charge on any atom is 0.241 e. The van der Waals surface area contributed by atoms with Gasteiger partial charge < -0.3 is 10.6 Å². The highest BCUT2D eigenvalue weighted by Crippen LogP contribution is 2.43. The second-order valence-corrected chi connectivity index (χ2v) is 10.7. The molecule has 1 aliphatic heterocycles. The third-order valence-corrected chi connectivity index (χ3v) is 8.20. The summed E-state index contributed by atoms with van der Waals surface area (Å²) in [7, 11) is -3.90. The summed E-state index contributed by atoms with van der Waals surface area (Å²) in [4.78, 5) is 26.5. The first-order chi connectivity index (χ1) is 14.1. The predicted molar refractivity (Wildman–Crippen MR) is 115 cm³/mol. The molecule has 1 saturated carbocycles. The minimum Gasteiger partial charge on any atom is -0.370 e. The second-order valence-electron chi connectivity index (χ2n) is 9.00. The van der Waals surface area contributed by atoms with E-state index in [1.54, 1.807) is 17.0 Å². The number of nitrogens with one attached hydrogen (secondary N) is 1. The van der Waals surface area contributed by atoms with Gasteiger partial charge >= 0.3 is 0 Å². The van der Waals surface area contributed by atoms with Gasteiger partial charge in [-0.1, -0.05) is 25.3 Å². The fourth-order valence-corrected chi connectivity index (χ4v) is 6.02. The molecule has 8 heteroatoms. The van der Waals surface area contributed by atoms with E-state index >= 15 is 0 Å². The van der Waals surface area contributed by atoms with E-state index in [2.05, 4.69) is 4.72 Å². The number of primary amides is 1. The fourth-order valence-electron chi connectivity index (χ4n) is 4.71. The van der Waals surface area contributed by atoms with Crippen LogP contribution in [-0.2, 0) is 19.6 Å². The maximum absolute atomic E-state index is 13.3. The van der Waals surface area contributed by atoms with Gasteiger partial charge in [0.25, 0.3) is 0 Å². The molecule has 1 spiro atoms. The lowest BCUT2D eigenvalue weighted by Gasteiger charge is -2.33. The van der Waals surface area contributed by atoms with Gasteiger partial charge in [-0.15, -0.1) is 0 Å². The number of sulfonamides is 1. The molecule has 1 saturated heterocycles. The van der Waals surface area contributed by atoms with Gasteiger partial charge in [-0.2, -0.15) is 4.72 Å². The zero-order valence-corrected chi connectivity index (χ0v) is 18.8. The number of hydrogen-bond donors (Lipinski definition) is 2. The molecular weight excluding hydrogens is 402 g/mol. The minimum atomic E-state index is -3.90. The number of benzene rings is 1. The molecule has 2 amide bonds. The van der Waals surface area contributed by atoms with Crippen LogP contribution in [0.5, 0.6) is 0 Å². The fraction of sp³-hybridized carbons (Fsp3) is 0.636. The summed E-state index contributed by atoms with van der Waals surface area (Å²) < 4.78 is 28.5. The Bertz CT molecular complexity index is 907. The molecule has 7 nitrogen and oxygen atoms in total.